The van der Waals surface area contributed by atoms with E-state index in [1.54, 1.807) is 44.6 Å². The molecule has 37 heavy (non-hydrogen) atoms. The van der Waals surface area contributed by atoms with Gasteiger partial charge in [0.1, 0.15) is 12.3 Å². The third-order valence-electron chi connectivity index (χ3n) is 6.13. The lowest BCUT2D eigenvalue weighted by Gasteiger charge is -2.27. The number of benzene rings is 3. The Morgan fingerprint density at radius 1 is 0.973 bits per heavy atom. The minimum atomic E-state index is -0.436. The fourth-order valence-electron chi connectivity index (χ4n) is 4.28. The average Bonchev–Trinajstić information content (AvgIpc) is 3.36. The summed E-state index contributed by atoms with van der Waals surface area (Å²) in [4.78, 5) is 28.5. The van der Waals surface area contributed by atoms with E-state index in [0.717, 1.165) is 11.1 Å². The van der Waals surface area contributed by atoms with E-state index in [4.69, 9.17) is 37.8 Å². The molecule has 4 rings (SSSR count). The summed E-state index contributed by atoms with van der Waals surface area (Å²) >= 11 is 12.7. The molecule has 0 N–H and O–H groups in total. The highest BCUT2D eigenvalue weighted by Gasteiger charge is 2.36. The second-order valence-electron chi connectivity index (χ2n) is 8.43. The number of rotatable bonds is 9. The number of hydrogen-bond acceptors (Lipinski definition) is 5. The van der Waals surface area contributed by atoms with Crippen molar-refractivity contribution in [3.63, 3.8) is 0 Å². The maximum absolute atomic E-state index is 13.8. The Morgan fingerprint density at radius 2 is 1.65 bits per heavy atom. The molecule has 0 aliphatic carbocycles. The van der Waals surface area contributed by atoms with Gasteiger partial charge < -0.3 is 14.4 Å². The topological polar surface area (TPSA) is 71.4 Å². The Labute approximate surface area is 226 Å². The van der Waals surface area contributed by atoms with Gasteiger partial charge in [0.05, 0.1) is 36.1 Å². The molecule has 0 bridgehead atoms. The largest absolute Gasteiger partial charge is 0.496 e. The minimum Gasteiger partial charge on any atom is -0.496 e. The van der Waals surface area contributed by atoms with Crippen molar-refractivity contribution in [1.29, 1.82) is 0 Å². The summed E-state index contributed by atoms with van der Waals surface area (Å²) in [5, 5.41) is 6.99. The molecule has 3 aromatic carbocycles. The molecule has 1 heterocycles. The van der Waals surface area contributed by atoms with Gasteiger partial charge in [-0.2, -0.15) is 5.10 Å². The van der Waals surface area contributed by atoms with Gasteiger partial charge in [-0.3, -0.25) is 9.59 Å². The van der Waals surface area contributed by atoms with Crippen LogP contribution in [0.15, 0.2) is 77.9 Å². The van der Waals surface area contributed by atoms with Gasteiger partial charge in [0, 0.05) is 36.2 Å². The highest BCUT2D eigenvalue weighted by atomic mass is 35.5. The average molecular weight is 540 g/mol. The van der Waals surface area contributed by atoms with Crippen LogP contribution in [0.1, 0.15) is 33.9 Å². The molecule has 1 aliphatic heterocycles. The highest BCUT2D eigenvalue weighted by molar-refractivity contribution is 6.34. The van der Waals surface area contributed by atoms with Crippen LogP contribution in [0, 0.1) is 0 Å². The van der Waals surface area contributed by atoms with E-state index >= 15 is 0 Å². The summed E-state index contributed by atoms with van der Waals surface area (Å²) in [5.41, 5.74) is 2.56. The van der Waals surface area contributed by atoms with E-state index in [0.29, 0.717) is 33.5 Å². The van der Waals surface area contributed by atoms with Crippen molar-refractivity contribution in [1.82, 2.24) is 9.91 Å². The lowest BCUT2D eigenvalue weighted by atomic mass is 9.97. The second-order valence-corrected chi connectivity index (χ2v) is 9.24. The lowest BCUT2D eigenvalue weighted by Crippen LogP contribution is -2.42. The number of nitrogens with zero attached hydrogens (tertiary/aromatic N) is 3. The first-order valence-electron chi connectivity index (χ1n) is 11.7. The summed E-state index contributed by atoms with van der Waals surface area (Å²) in [6.07, 6.45) is 0.437. The van der Waals surface area contributed by atoms with Gasteiger partial charge in [0.15, 0.2) is 0 Å². The fourth-order valence-corrected chi connectivity index (χ4v) is 4.74. The molecular weight excluding hydrogens is 513 g/mol. The maximum atomic E-state index is 13.8. The zero-order valence-corrected chi connectivity index (χ0v) is 22.1. The van der Waals surface area contributed by atoms with Crippen LogP contribution >= 0.6 is 23.2 Å². The van der Waals surface area contributed by atoms with E-state index in [1.165, 1.54) is 9.91 Å². The molecule has 1 unspecified atom stereocenters. The molecule has 0 saturated carbocycles. The number of halogens is 2. The number of amides is 2. The monoisotopic (exact) mass is 539 g/mol. The molecule has 192 valence electrons. The van der Waals surface area contributed by atoms with E-state index < -0.39 is 6.04 Å². The number of carbonyl (C=O) groups is 2. The van der Waals surface area contributed by atoms with Gasteiger partial charge in [-0.25, -0.2) is 5.01 Å². The third-order valence-corrected chi connectivity index (χ3v) is 6.79. The molecule has 1 atom stereocenters. The Hall–Kier alpha value is -3.39. The number of para-hydroxylation sites is 1. The zero-order valence-electron chi connectivity index (χ0n) is 20.6. The fraction of sp³-hybridized carbons (Fsp3) is 0.250. The molecule has 0 fully saturated rings. The molecule has 0 spiro atoms. The van der Waals surface area contributed by atoms with Gasteiger partial charge >= 0.3 is 0 Å². The van der Waals surface area contributed by atoms with Crippen LogP contribution in [0.5, 0.6) is 5.75 Å². The molecule has 0 saturated heterocycles. The summed E-state index contributed by atoms with van der Waals surface area (Å²) < 4.78 is 10.8. The molecule has 9 heteroatoms. The highest BCUT2D eigenvalue weighted by Crippen LogP contribution is 2.38. The van der Waals surface area contributed by atoms with Gasteiger partial charge in [0.25, 0.3) is 11.8 Å². The van der Waals surface area contributed by atoms with Crippen molar-refractivity contribution in [3.8, 4) is 5.75 Å². The van der Waals surface area contributed by atoms with Crippen LogP contribution in [-0.2, 0) is 9.53 Å². The molecule has 0 radical (unpaired) electrons. The normalized spacial score (nSPS) is 14.9. The first-order valence-corrected chi connectivity index (χ1v) is 12.5. The van der Waals surface area contributed by atoms with E-state index in [1.807, 2.05) is 42.5 Å². The summed E-state index contributed by atoms with van der Waals surface area (Å²) in [6.45, 7) is 0.256. The van der Waals surface area contributed by atoms with E-state index in [9.17, 15) is 9.59 Å². The van der Waals surface area contributed by atoms with Crippen molar-refractivity contribution >= 4 is 40.7 Å². The summed E-state index contributed by atoms with van der Waals surface area (Å²) in [7, 11) is 3.13. The van der Waals surface area contributed by atoms with Crippen molar-refractivity contribution in [2.45, 2.75) is 12.5 Å². The van der Waals surface area contributed by atoms with E-state index in [2.05, 4.69) is 0 Å². The second kappa shape index (κ2) is 12.2. The lowest BCUT2D eigenvalue weighted by molar-refractivity contribution is -0.133. The van der Waals surface area contributed by atoms with Gasteiger partial charge in [-0.1, -0.05) is 71.7 Å². The number of hydrazone groups is 1. The van der Waals surface area contributed by atoms with Gasteiger partial charge in [0.2, 0.25) is 0 Å². The quantitative estimate of drug-likeness (QED) is 0.361. The van der Waals surface area contributed by atoms with Gasteiger partial charge in [-0.15, -0.1) is 0 Å². The van der Waals surface area contributed by atoms with Crippen molar-refractivity contribution in [2.24, 2.45) is 5.10 Å². The first kappa shape index (κ1) is 26.7. The number of methoxy groups -OCH3 is 2. The molecule has 2 amide bonds. The van der Waals surface area contributed by atoms with Crippen LogP contribution in [0.3, 0.4) is 0 Å². The molecule has 0 aromatic heterocycles. The molecule has 7 nitrogen and oxygen atoms in total. The summed E-state index contributed by atoms with van der Waals surface area (Å²) in [5.74, 6) is -0.0712. The van der Waals surface area contributed by atoms with Gasteiger partial charge in [-0.05, 0) is 24.3 Å². The van der Waals surface area contributed by atoms with E-state index in [-0.39, 0.29) is 31.5 Å². The number of carbonyl (C=O) groups excluding carboxylic acids is 2. The minimum absolute atomic E-state index is 0.209. The van der Waals surface area contributed by atoms with Crippen LogP contribution < -0.4 is 4.74 Å². The Kier molecular flexibility index (Phi) is 8.82. The number of hydrogen-bond donors (Lipinski definition) is 0. The molecule has 3 aromatic rings. The SMILES string of the molecule is COCCN(CC(=O)N1N=C(c2ccccc2Cl)CC1c1ccccc1OC)C(=O)c1ccccc1Cl. The molecule has 1 aliphatic rings. The van der Waals surface area contributed by atoms with Crippen LogP contribution in [0.4, 0.5) is 0 Å². The Morgan fingerprint density at radius 3 is 2.35 bits per heavy atom. The Bertz CT molecular complexity index is 1310. The standard InChI is InChI=1S/C28H27Cl2N3O4/c1-36-16-15-32(28(35)20-10-4-7-13-23(20)30)18-27(34)33-25(21-11-5-8-14-26(21)37-2)17-24(31-33)19-9-3-6-12-22(19)29/h3-14,25H,15-18H2,1-2H3. The predicted molar refractivity (Wildman–Crippen MR) is 144 cm³/mol. The van der Waals surface area contributed by atoms with Crippen molar-refractivity contribution < 1.29 is 19.1 Å². The smallest absolute Gasteiger partial charge is 0.262 e. The van der Waals surface area contributed by atoms with Crippen LogP contribution in [-0.4, -0.2) is 61.4 Å². The zero-order chi connectivity index (χ0) is 26.4. The Balaban J connectivity index is 1.68. The first-order chi connectivity index (χ1) is 17.9. The van der Waals surface area contributed by atoms with Crippen molar-refractivity contribution in [3.05, 3.63) is 99.5 Å². The maximum Gasteiger partial charge on any atom is 0.262 e. The predicted octanol–water partition coefficient (Wildman–Crippen LogP) is 5.47. The number of ether oxygens (including phenoxy) is 2. The van der Waals surface area contributed by atoms with Crippen LogP contribution in [0.2, 0.25) is 10.0 Å². The van der Waals surface area contributed by atoms with Crippen LogP contribution in [0.25, 0.3) is 0 Å². The molecular formula is C28H27Cl2N3O4. The van der Waals surface area contributed by atoms with Crippen molar-refractivity contribution in [2.75, 3.05) is 33.9 Å². The summed E-state index contributed by atoms with van der Waals surface area (Å²) in [6, 6.07) is 21.2. The third kappa shape index (κ3) is 5.96.